The van der Waals surface area contributed by atoms with Crippen molar-refractivity contribution in [3.8, 4) is 5.75 Å². The predicted molar refractivity (Wildman–Crippen MR) is 78.7 cm³/mol. The Kier molecular flexibility index (Phi) is 7.14. The average molecular weight is 270 g/mol. The standard InChI is InChI=1S/C15H24ClNO/c1-12(2)17-9-5-4-6-10-18-15-8-7-14(16)11-13(15)3/h7-8,11-12,17H,4-6,9-10H2,1-3H3. The van der Waals surface area contributed by atoms with Crippen LogP contribution in [-0.4, -0.2) is 19.2 Å². The van der Waals surface area contributed by atoms with Gasteiger partial charge in [-0.05, 0) is 56.5 Å². The molecule has 102 valence electrons. The Hall–Kier alpha value is -0.730. The highest BCUT2D eigenvalue weighted by molar-refractivity contribution is 6.30. The van der Waals surface area contributed by atoms with Crippen molar-refractivity contribution >= 4 is 11.6 Å². The number of rotatable bonds is 8. The van der Waals surface area contributed by atoms with Crippen LogP contribution in [-0.2, 0) is 0 Å². The molecule has 0 aromatic heterocycles. The Morgan fingerprint density at radius 3 is 2.67 bits per heavy atom. The van der Waals surface area contributed by atoms with Gasteiger partial charge in [-0.2, -0.15) is 0 Å². The van der Waals surface area contributed by atoms with Crippen molar-refractivity contribution in [2.24, 2.45) is 0 Å². The number of hydrogen-bond acceptors (Lipinski definition) is 2. The molecule has 0 amide bonds. The van der Waals surface area contributed by atoms with Crippen LogP contribution in [0.5, 0.6) is 5.75 Å². The normalized spacial score (nSPS) is 10.9. The number of benzene rings is 1. The molecular formula is C15H24ClNO. The fraction of sp³-hybridized carbons (Fsp3) is 0.600. The van der Waals surface area contributed by atoms with Crippen molar-refractivity contribution < 1.29 is 4.74 Å². The highest BCUT2D eigenvalue weighted by Crippen LogP contribution is 2.21. The molecule has 0 saturated heterocycles. The van der Waals surface area contributed by atoms with E-state index in [2.05, 4.69) is 19.2 Å². The van der Waals surface area contributed by atoms with Crippen LogP contribution >= 0.6 is 11.6 Å². The summed E-state index contributed by atoms with van der Waals surface area (Å²) in [4.78, 5) is 0. The molecule has 0 spiro atoms. The van der Waals surface area contributed by atoms with E-state index in [0.29, 0.717) is 6.04 Å². The summed E-state index contributed by atoms with van der Waals surface area (Å²) in [5.74, 6) is 0.944. The Morgan fingerprint density at radius 1 is 1.22 bits per heavy atom. The molecule has 1 rings (SSSR count). The van der Waals surface area contributed by atoms with E-state index in [1.165, 1.54) is 12.8 Å². The van der Waals surface area contributed by atoms with Gasteiger partial charge in [-0.25, -0.2) is 0 Å². The summed E-state index contributed by atoms with van der Waals surface area (Å²) in [5, 5.41) is 4.18. The highest BCUT2D eigenvalue weighted by atomic mass is 35.5. The molecule has 0 saturated carbocycles. The molecule has 1 aromatic carbocycles. The Labute approximate surface area is 116 Å². The Balaban J connectivity index is 2.11. The van der Waals surface area contributed by atoms with Crippen LogP contribution in [0, 0.1) is 6.92 Å². The smallest absolute Gasteiger partial charge is 0.122 e. The van der Waals surface area contributed by atoms with Gasteiger partial charge in [0.15, 0.2) is 0 Å². The van der Waals surface area contributed by atoms with Gasteiger partial charge in [-0.3, -0.25) is 0 Å². The second kappa shape index (κ2) is 8.39. The lowest BCUT2D eigenvalue weighted by Crippen LogP contribution is -2.23. The summed E-state index contributed by atoms with van der Waals surface area (Å²) in [6.07, 6.45) is 3.51. The minimum atomic E-state index is 0.581. The van der Waals surface area contributed by atoms with Crippen molar-refractivity contribution in [2.75, 3.05) is 13.2 Å². The van der Waals surface area contributed by atoms with Crippen LogP contribution in [0.3, 0.4) is 0 Å². The fourth-order valence-electron chi connectivity index (χ4n) is 1.75. The zero-order valence-corrected chi connectivity index (χ0v) is 12.4. The lowest BCUT2D eigenvalue weighted by Gasteiger charge is -2.10. The van der Waals surface area contributed by atoms with Crippen LogP contribution in [0.4, 0.5) is 0 Å². The lowest BCUT2D eigenvalue weighted by molar-refractivity contribution is 0.302. The Bertz CT molecular complexity index is 352. The summed E-state index contributed by atoms with van der Waals surface area (Å²) >= 11 is 5.90. The van der Waals surface area contributed by atoms with Crippen LogP contribution in [0.25, 0.3) is 0 Å². The molecule has 0 heterocycles. The molecule has 0 aliphatic heterocycles. The maximum Gasteiger partial charge on any atom is 0.122 e. The van der Waals surface area contributed by atoms with Crippen LogP contribution in [0.15, 0.2) is 18.2 Å². The molecule has 1 N–H and O–H groups in total. The van der Waals surface area contributed by atoms with E-state index >= 15 is 0 Å². The summed E-state index contributed by atoms with van der Waals surface area (Å²) in [7, 11) is 0. The number of unbranched alkanes of at least 4 members (excludes halogenated alkanes) is 2. The van der Waals surface area contributed by atoms with E-state index in [0.717, 1.165) is 35.9 Å². The van der Waals surface area contributed by atoms with Crippen molar-refractivity contribution in [3.63, 3.8) is 0 Å². The second-order valence-electron chi connectivity index (χ2n) is 4.93. The fourth-order valence-corrected chi connectivity index (χ4v) is 1.98. The van der Waals surface area contributed by atoms with Gasteiger partial charge in [0, 0.05) is 11.1 Å². The van der Waals surface area contributed by atoms with Gasteiger partial charge in [0.1, 0.15) is 5.75 Å². The maximum atomic E-state index is 5.90. The monoisotopic (exact) mass is 269 g/mol. The topological polar surface area (TPSA) is 21.3 Å². The molecule has 0 fully saturated rings. The van der Waals surface area contributed by atoms with Crippen molar-refractivity contribution in [1.82, 2.24) is 5.32 Å². The number of nitrogens with one attached hydrogen (secondary N) is 1. The maximum absolute atomic E-state index is 5.90. The van der Waals surface area contributed by atoms with Gasteiger partial charge in [-0.15, -0.1) is 0 Å². The van der Waals surface area contributed by atoms with Gasteiger partial charge in [0.05, 0.1) is 6.61 Å². The molecule has 0 atom stereocenters. The predicted octanol–water partition coefficient (Wildman–Crippen LogP) is 4.20. The van der Waals surface area contributed by atoms with Crippen LogP contribution in [0.2, 0.25) is 5.02 Å². The average Bonchev–Trinajstić information content (AvgIpc) is 2.30. The van der Waals surface area contributed by atoms with Gasteiger partial charge in [0.2, 0.25) is 0 Å². The molecule has 0 aliphatic carbocycles. The minimum Gasteiger partial charge on any atom is -0.493 e. The second-order valence-corrected chi connectivity index (χ2v) is 5.36. The zero-order valence-electron chi connectivity index (χ0n) is 11.6. The molecule has 0 radical (unpaired) electrons. The largest absolute Gasteiger partial charge is 0.493 e. The third-order valence-electron chi connectivity index (χ3n) is 2.77. The highest BCUT2D eigenvalue weighted by Gasteiger charge is 2.00. The van der Waals surface area contributed by atoms with Crippen molar-refractivity contribution in [3.05, 3.63) is 28.8 Å². The number of hydrogen-bond donors (Lipinski definition) is 1. The first-order chi connectivity index (χ1) is 8.59. The van der Waals surface area contributed by atoms with Gasteiger partial charge in [-0.1, -0.05) is 25.4 Å². The van der Waals surface area contributed by atoms with Gasteiger partial charge in [0.25, 0.3) is 0 Å². The van der Waals surface area contributed by atoms with E-state index < -0.39 is 0 Å². The Morgan fingerprint density at radius 2 is 2.00 bits per heavy atom. The molecule has 0 bridgehead atoms. The summed E-state index contributed by atoms with van der Waals surface area (Å²) in [6.45, 7) is 8.24. The molecule has 0 aliphatic rings. The van der Waals surface area contributed by atoms with Crippen molar-refractivity contribution in [2.45, 2.75) is 46.1 Å². The summed E-state index contributed by atoms with van der Waals surface area (Å²) < 4.78 is 5.74. The van der Waals surface area contributed by atoms with Gasteiger partial charge < -0.3 is 10.1 Å². The number of ether oxygens (including phenoxy) is 1. The van der Waals surface area contributed by atoms with E-state index in [9.17, 15) is 0 Å². The molecule has 3 heteroatoms. The first-order valence-electron chi connectivity index (χ1n) is 6.72. The van der Waals surface area contributed by atoms with Crippen LogP contribution in [0.1, 0.15) is 38.7 Å². The minimum absolute atomic E-state index is 0.581. The molecule has 1 aromatic rings. The van der Waals surface area contributed by atoms with E-state index in [-0.39, 0.29) is 0 Å². The van der Waals surface area contributed by atoms with Gasteiger partial charge >= 0.3 is 0 Å². The molecule has 18 heavy (non-hydrogen) atoms. The van der Waals surface area contributed by atoms with Crippen LogP contribution < -0.4 is 10.1 Å². The SMILES string of the molecule is Cc1cc(Cl)ccc1OCCCCCNC(C)C. The summed E-state index contributed by atoms with van der Waals surface area (Å²) in [6, 6.07) is 6.33. The quantitative estimate of drug-likeness (QED) is 0.715. The van der Waals surface area contributed by atoms with Crippen molar-refractivity contribution in [1.29, 1.82) is 0 Å². The number of aryl methyl sites for hydroxylation is 1. The third-order valence-corrected chi connectivity index (χ3v) is 3.00. The number of halogens is 1. The molecule has 2 nitrogen and oxygen atoms in total. The third kappa shape index (κ3) is 6.27. The van der Waals surface area contributed by atoms with E-state index in [4.69, 9.17) is 16.3 Å². The molecule has 0 unspecified atom stereocenters. The van der Waals surface area contributed by atoms with E-state index in [1.807, 2.05) is 25.1 Å². The zero-order chi connectivity index (χ0) is 13.4. The first kappa shape index (κ1) is 15.3. The molecular weight excluding hydrogens is 246 g/mol. The van der Waals surface area contributed by atoms with E-state index in [1.54, 1.807) is 0 Å². The lowest BCUT2D eigenvalue weighted by atomic mass is 10.2. The first-order valence-corrected chi connectivity index (χ1v) is 7.09. The summed E-state index contributed by atoms with van der Waals surface area (Å²) in [5.41, 5.74) is 1.10.